The van der Waals surface area contributed by atoms with Crippen LogP contribution in [-0.4, -0.2) is 17.4 Å². The van der Waals surface area contributed by atoms with E-state index in [0.717, 1.165) is 19.3 Å². The molecule has 0 saturated heterocycles. The van der Waals surface area contributed by atoms with Crippen molar-refractivity contribution in [1.82, 2.24) is 0 Å². The second-order valence-electron chi connectivity index (χ2n) is 2.77. The van der Waals surface area contributed by atoms with Crippen molar-refractivity contribution in [3.05, 3.63) is 0 Å². The van der Waals surface area contributed by atoms with Crippen molar-refractivity contribution in [2.45, 2.75) is 44.4 Å². The van der Waals surface area contributed by atoms with Gasteiger partial charge in [0.15, 0.2) is 0 Å². The second-order valence-corrected chi connectivity index (χ2v) is 2.77. The highest BCUT2D eigenvalue weighted by Crippen LogP contribution is 2.19. The van der Waals surface area contributed by atoms with E-state index in [1.54, 1.807) is 0 Å². The summed E-state index contributed by atoms with van der Waals surface area (Å²) in [6.07, 6.45) is 2.61. The molecule has 0 aromatic heterocycles. The predicted molar refractivity (Wildman–Crippen MR) is 34.0 cm³/mol. The smallest absolute Gasteiger partial charge is 0.103 e. The molecule has 0 bridgehead atoms. The topological polar surface area (TPSA) is 20.2 Å². The molecule has 2 unspecified atom stereocenters. The molecule has 1 saturated carbocycles. The first-order chi connectivity index (χ1) is 4.29. The van der Waals surface area contributed by atoms with E-state index in [2.05, 4.69) is 0 Å². The Morgan fingerprint density at radius 2 is 1.89 bits per heavy atom. The number of rotatable bonds is 0. The van der Waals surface area contributed by atoms with E-state index in [1.165, 1.54) is 0 Å². The van der Waals surface area contributed by atoms with Crippen LogP contribution in [0.1, 0.15) is 32.1 Å². The molecule has 0 spiro atoms. The predicted octanol–water partition coefficient (Wildman–Crippen LogP) is 1.65. The van der Waals surface area contributed by atoms with Crippen molar-refractivity contribution in [1.29, 1.82) is 0 Å². The zero-order chi connectivity index (χ0) is 6.69. The standard InChI is InChI=1S/C7H13FO/c8-6-3-1-2-4-7(9)5-6/h6-7,9H,1-5H2. The summed E-state index contributed by atoms with van der Waals surface area (Å²) in [5.41, 5.74) is 0. The van der Waals surface area contributed by atoms with E-state index < -0.39 is 6.17 Å². The van der Waals surface area contributed by atoms with Gasteiger partial charge in [-0.2, -0.15) is 0 Å². The molecule has 9 heavy (non-hydrogen) atoms. The molecule has 0 aromatic rings. The van der Waals surface area contributed by atoms with Gasteiger partial charge < -0.3 is 5.11 Å². The minimum atomic E-state index is -0.748. The highest BCUT2D eigenvalue weighted by atomic mass is 19.1. The number of hydrogen-bond acceptors (Lipinski definition) is 1. The van der Waals surface area contributed by atoms with Gasteiger partial charge in [0.2, 0.25) is 0 Å². The first-order valence-corrected chi connectivity index (χ1v) is 3.61. The molecule has 1 N–H and O–H groups in total. The van der Waals surface area contributed by atoms with Crippen LogP contribution in [0.25, 0.3) is 0 Å². The van der Waals surface area contributed by atoms with E-state index in [1.807, 2.05) is 0 Å². The number of halogens is 1. The maximum absolute atomic E-state index is 12.5. The summed E-state index contributed by atoms with van der Waals surface area (Å²) in [7, 11) is 0. The van der Waals surface area contributed by atoms with Crippen LogP contribution in [-0.2, 0) is 0 Å². The fraction of sp³-hybridized carbons (Fsp3) is 1.00. The van der Waals surface area contributed by atoms with Crippen molar-refractivity contribution in [3.63, 3.8) is 0 Å². The lowest BCUT2D eigenvalue weighted by Crippen LogP contribution is -2.10. The normalized spacial score (nSPS) is 38.0. The van der Waals surface area contributed by atoms with Gasteiger partial charge >= 0.3 is 0 Å². The third-order valence-corrected chi connectivity index (χ3v) is 1.83. The van der Waals surface area contributed by atoms with Gasteiger partial charge in [0.05, 0.1) is 6.10 Å². The Morgan fingerprint density at radius 3 is 2.67 bits per heavy atom. The number of alkyl halides is 1. The Kier molecular flexibility index (Phi) is 2.46. The molecule has 0 aromatic carbocycles. The Hall–Kier alpha value is -0.110. The number of aliphatic hydroxyl groups is 1. The van der Waals surface area contributed by atoms with Crippen molar-refractivity contribution in [3.8, 4) is 0 Å². The Morgan fingerprint density at radius 1 is 1.22 bits per heavy atom. The zero-order valence-electron chi connectivity index (χ0n) is 5.52. The minimum absolute atomic E-state index is 0.361. The molecule has 1 fully saturated rings. The number of hydrogen-bond donors (Lipinski definition) is 1. The van der Waals surface area contributed by atoms with E-state index in [0.29, 0.717) is 12.8 Å². The van der Waals surface area contributed by atoms with E-state index in [9.17, 15) is 4.39 Å². The zero-order valence-corrected chi connectivity index (χ0v) is 5.52. The molecule has 1 aliphatic carbocycles. The summed E-state index contributed by atoms with van der Waals surface area (Å²) >= 11 is 0. The molecule has 1 aliphatic rings. The molecule has 0 heterocycles. The summed E-state index contributed by atoms with van der Waals surface area (Å²) in [6.45, 7) is 0. The van der Waals surface area contributed by atoms with Gasteiger partial charge in [0.25, 0.3) is 0 Å². The van der Waals surface area contributed by atoms with Gasteiger partial charge in [-0.1, -0.05) is 12.8 Å². The highest BCUT2D eigenvalue weighted by molar-refractivity contribution is 4.68. The quantitative estimate of drug-likeness (QED) is 0.497. The molecule has 54 valence electrons. The second kappa shape index (κ2) is 3.16. The van der Waals surface area contributed by atoms with E-state index in [-0.39, 0.29) is 6.10 Å². The van der Waals surface area contributed by atoms with Gasteiger partial charge in [-0.15, -0.1) is 0 Å². The molecule has 2 atom stereocenters. The van der Waals surface area contributed by atoms with Crippen LogP contribution in [0, 0.1) is 0 Å². The largest absolute Gasteiger partial charge is 0.393 e. The Bertz CT molecular complexity index is 75.0. The maximum Gasteiger partial charge on any atom is 0.103 e. The van der Waals surface area contributed by atoms with Crippen LogP contribution in [0.4, 0.5) is 4.39 Å². The van der Waals surface area contributed by atoms with Crippen LogP contribution in [0.2, 0.25) is 0 Å². The first-order valence-electron chi connectivity index (χ1n) is 3.61. The van der Waals surface area contributed by atoms with E-state index in [4.69, 9.17) is 5.11 Å². The van der Waals surface area contributed by atoms with Gasteiger partial charge in [0.1, 0.15) is 6.17 Å². The van der Waals surface area contributed by atoms with Crippen molar-refractivity contribution in [2.24, 2.45) is 0 Å². The van der Waals surface area contributed by atoms with Crippen LogP contribution in [0.15, 0.2) is 0 Å². The maximum atomic E-state index is 12.5. The first kappa shape index (κ1) is 7.00. The molecule has 0 aliphatic heterocycles. The van der Waals surface area contributed by atoms with Gasteiger partial charge in [-0.05, 0) is 12.8 Å². The lowest BCUT2D eigenvalue weighted by molar-refractivity contribution is 0.128. The van der Waals surface area contributed by atoms with Gasteiger partial charge in [-0.25, -0.2) is 4.39 Å². The summed E-state index contributed by atoms with van der Waals surface area (Å²) in [5.74, 6) is 0. The Balaban J connectivity index is 2.29. The van der Waals surface area contributed by atoms with Crippen molar-refractivity contribution < 1.29 is 9.50 Å². The van der Waals surface area contributed by atoms with Gasteiger partial charge in [0, 0.05) is 6.42 Å². The molecule has 1 nitrogen and oxygen atoms in total. The third kappa shape index (κ3) is 2.31. The fourth-order valence-corrected chi connectivity index (χ4v) is 1.28. The summed E-state index contributed by atoms with van der Waals surface area (Å²) in [6, 6.07) is 0. The average Bonchev–Trinajstić information content (AvgIpc) is 1.93. The van der Waals surface area contributed by atoms with Crippen LogP contribution in [0.5, 0.6) is 0 Å². The van der Waals surface area contributed by atoms with Crippen LogP contribution >= 0.6 is 0 Å². The molecular weight excluding hydrogens is 119 g/mol. The van der Waals surface area contributed by atoms with Gasteiger partial charge in [-0.3, -0.25) is 0 Å². The third-order valence-electron chi connectivity index (χ3n) is 1.83. The molecular formula is C7H13FO. The van der Waals surface area contributed by atoms with Crippen molar-refractivity contribution >= 4 is 0 Å². The monoisotopic (exact) mass is 132 g/mol. The fourth-order valence-electron chi connectivity index (χ4n) is 1.28. The molecule has 0 amide bonds. The highest BCUT2D eigenvalue weighted by Gasteiger charge is 2.16. The van der Waals surface area contributed by atoms with Crippen LogP contribution in [0.3, 0.4) is 0 Å². The lowest BCUT2D eigenvalue weighted by atomic mass is 10.1. The molecule has 0 radical (unpaired) electrons. The number of aliphatic hydroxyl groups excluding tert-OH is 1. The average molecular weight is 132 g/mol. The molecule has 1 rings (SSSR count). The Labute approximate surface area is 54.9 Å². The SMILES string of the molecule is OC1CCCCC(F)C1. The summed E-state index contributed by atoms with van der Waals surface area (Å²) < 4.78 is 12.5. The minimum Gasteiger partial charge on any atom is -0.393 e. The molecule has 2 heteroatoms. The lowest BCUT2D eigenvalue weighted by Gasteiger charge is -2.06. The van der Waals surface area contributed by atoms with Crippen LogP contribution < -0.4 is 0 Å². The summed E-state index contributed by atoms with van der Waals surface area (Å²) in [4.78, 5) is 0. The van der Waals surface area contributed by atoms with Crippen molar-refractivity contribution in [2.75, 3.05) is 0 Å². The summed E-state index contributed by atoms with van der Waals surface area (Å²) in [5, 5.41) is 9.02. The van der Waals surface area contributed by atoms with E-state index >= 15 is 0 Å².